The molecule has 8 saturated heterocycles. The fraction of sp³-hybridized carbons (Fsp3) is 0.934. The molecule has 3 N–H and O–H groups in total. The zero-order chi connectivity index (χ0) is 113. The van der Waals surface area contributed by atoms with E-state index in [4.69, 9.17) is 14.2 Å². The Kier molecular flexibility index (Phi) is 58.3. The largest absolute Gasteiger partial charge is 0.366 e. The fourth-order valence-corrected chi connectivity index (χ4v) is 21.0. The summed E-state index contributed by atoms with van der Waals surface area (Å²) < 4.78 is 16.9. The van der Waals surface area contributed by atoms with Gasteiger partial charge in [0.2, 0.25) is 41.4 Å². The predicted molar refractivity (Wildman–Crippen MR) is 624 cm³/mol. The third-order valence-corrected chi connectivity index (χ3v) is 32.2. The molecule has 7 amide bonds. The van der Waals surface area contributed by atoms with Crippen LogP contribution in [0.1, 0.15) is 448 Å². The third-order valence-electron chi connectivity index (χ3n) is 29.7. The van der Waals surface area contributed by atoms with Crippen molar-refractivity contribution in [1.29, 1.82) is 0 Å². The van der Waals surface area contributed by atoms with Crippen LogP contribution in [0.25, 0.3) is 0 Å². The van der Waals surface area contributed by atoms with Gasteiger partial charge in [0.15, 0.2) is 0 Å². The van der Waals surface area contributed by atoms with Crippen LogP contribution in [0.5, 0.6) is 0 Å². The number of likely N-dealkylation sites (tertiary alicyclic amines) is 8. The Bertz CT molecular complexity index is 3360. The second-order valence-electron chi connectivity index (χ2n) is 61.0. The number of hydrogen-bond acceptors (Lipinski definition) is 17. The molecule has 0 saturated carbocycles. The number of ether oxygens (including phenoxy) is 3. The Morgan fingerprint density at radius 1 is 0.288 bits per heavy atom. The van der Waals surface area contributed by atoms with Crippen LogP contribution in [0.15, 0.2) is 0 Å². The van der Waals surface area contributed by atoms with E-state index in [-0.39, 0.29) is 109 Å². The maximum absolute atomic E-state index is 12.2. The van der Waals surface area contributed by atoms with Crippen molar-refractivity contribution in [3.8, 4) is 0 Å². The minimum Gasteiger partial charge on any atom is -0.366 e. The number of nitrogens with zero attached hydrogens (tertiary/aromatic N) is 8. The summed E-state index contributed by atoms with van der Waals surface area (Å²) in [7, 11) is 0. The fourth-order valence-electron chi connectivity index (χ4n) is 19.5. The van der Waals surface area contributed by atoms with E-state index in [1.54, 1.807) is 23.5 Å². The summed E-state index contributed by atoms with van der Waals surface area (Å²) in [6.45, 7) is 123. The minimum atomic E-state index is -0.237. The molecule has 0 unspecified atom stereocenters. The summed E-state index contributed by atoms with van der Waals surface area (Å²) in [4.78, 5) is 113. The molecule has 0 atom stereocenters. The van der Waals surface area contributed by atoms with Gasteiger partial charge < -0.3 is 59.6 Å². The smallest absolute Gasteiger partial charge is 0.248 e. The van der Waals surface area contributed by atoms with Gasteiger partial charge in [-0.05, 0) is 326 Å². The number of ketones is 1. The van der Waals surface area contributed by atoms with E-state index in [2.05, 4.69) is 301 Å². The molecule has 8 aliphatic rings. The Balaban J connectivity index is 0.000000836. The van der Waals surface area contributed by atoms with Crippen molar-refractivity contribution in [2.24, 2.45) is 84.7 Å². The highest BCUT2D eigenvalue weighted by Gasteiger charge is 2.40. The first-order chi connectivity index (χ1) is 65.7. The first-order valence-corrected chi connectivity index (χ1v) is 59.3. The molecule has 8 heterocycles. The summed E-state index contributed by atoms with van der Waals surface area (Å²) in [5, 5.41) is 10.0. The van der Waals surface area contributed by atoms with Gasteiger partial charge in [-0.15, -0.1) is 23.5 Å². The van der Waals surface area contributed by atoms with Gasteiger partial charge in [-0.3, -0.25) is 48.2 Å². The summed E-state index contributed by atoms with van der Waals surface area (Å²) in [5.74, 6) is 7.47. The highest BCUT2D eigenvalue weighted by Crippen LogP contribution is 2.41. The molecule has 8 aliphatic heterocycles. The van der Waals surface area contributed by atoms with Gasteiger partial charge in [-0.2, -0.15) is 0 Å². The van der Waals surface area contributed by atoms with E-state index in [1.807, 2.05) is 86.8 Å². The number of carbonyl (C=O) groups excluding carboxylic acids is 8. The number of rotatable bonds is 19. The molecular formula is C122H239N11O11S2. The SMILES string of the molecule is CC(C)(C)CC(=O)CN1CCC(C(C)(C)C)CC1.CC(C)(C)CCNC(=O)C1CCN(C(=O)CSC(C)(C)C)CC1.CC(C)(C)NC1CCN(C(C)(C)C)CC1.CC(C)(C)NCC(=O)N1CCC(C(C)(C)C)CC1.CC(C)(C)OCC(=O)N1CCC(C(C)(C)C)CC1.CC(C)(C)OCC(=O)N1CCC(C(C)(C)C)CC1.CC(C)(C)OCC(=O)N1CCC(C(C)(C)C)CC1.CC(C)(C)SCC(=O)N1CCC(C(C)(C)C)CC1. The number of nitrogens with one attached hydrogen (secondary N) is 3. The van der Waals surface area contributed by atoms with Gasteiger partial charge in [0.25, 0.3) is 0 Å². The standard InChI is InChI=1S/C18H34N2O2S.C16H31NO.C15H30N2O.3C15H29NO2.C15H29NOS.C13H28N2/c1-17(2,3)9-10-19-16(22)14-7-11-20(12-8-14)15(21)13-23-18(4,5)6;1-15(2,3)11-14(18)12-17-9-7-13(8-10-17)16(4,5)6;1-14(2,3)12-7-9-17(10-8-12)13(18)11-16-15(4,5)6;4*1-14(2,3)12-7-9-16(10-8-12)13(17)11-18-15(4,5)6;1-12(2,3)14-11-7-9-15(10-8-11)13(4,5)6/h14H,7-13H2,1-6H3,(H,19,22);13H,7-12H2,1-6H3;12,16H,7-11H2,1-6H3;4*12H,7-11H2,1-6H3;11,14H,7-10H2,1-6H3. The van der Waals surface area contributed by atoms with Crippen LogP contribution in [-0.2, 0) is 52.6 Å². The molecule has 146 heavy (non-hydrogen) atoms. The van der Waals surface area contributed by atoms with Gasteiger partial charge in [0.1, 0.15) is 25.6 Å². The summed E-state index contributed by atoms with van der Waals surface area (Å²) in [5.41, 5.74) is 2.52. The average molecular weight is 2100 g/mol. The quantitative estimate of drug-likeness (QED) is 0.109. The van der Waals surface area contributed by atoms with E-state index in [0.29, 0.717) is 99.9 Å². The lowest BCUT2D eigenvalue weighted by Gasteiger charge is -2.42. The molecular weight excluding hydrogens is 1860 g/mol. The van der Waals surface area contributed by atoms with Crippen LogP contribution in [0.4, 0.5) is 0 Å². The molecule has 8 fully saturated rings. The lowest BCUT2D eigenvalue weighted by molar-refractivity contribution is -0.143. The van der Waals surface area contributed by atoms with Crippen LogP contribution < -0.4 is 16.0 Å². The van der Waals surface area contributed by atoms with E-state index in [1.165, 1.54) is 38.8 Å². The van der Waals surface area contributed by atoms with E-state index >= 15 is 0 Å². The molecule has 0 radical (unpaired) electrons. The third kappa shape index (κ3) is 65.9. The topological polar surface area (TPSA) is 226 Å². The van der Waals surface area contributed by atoms with Crippen molar-refractivity contribution in [3.63, 3.8) is 0 Å². The van der Waals surface area contributed by atoms with Crippen LogP contribution in [0.3, 0.4) is 0 Å². The van der Waals surface area contributed by atoms with E-state index in [9.17, 15) is 38.4 Å². The molecule has 22 nitrogen and oxygen atoms in total. The lowest BCUT2D eigenvalue weighted by Crippen LogP contribution is -2.53. The molecule has 0 aliphatic carbocycles. The normalized spacial score (nSPS) is 19.2. The van der Waals surface area contributed by atoms with Crippen LogP contribution in [0.2, 0.25) is 0 Å². The van der Waals surface area contributed by atoms with Crippen molar-refractivity contribution in [2.45, 2.75) is 497 Å². The van der Waals surface area contributed by atoms with Gasteiger partial charge >= 0.3 is 0 Å². The highest BCUT2D eigenvalue weighted by molar-refractivity contribution is 8.01. The van der Waals surface area contributed by atoms with Crippen molar-refractivity contribution < 1.29 is 52.6 Å². The Morgan fingerprint density at radius 3 is 0.767 bits per heavy atom. The van der Waals surface area contributed by atoms with E-state index in [0.717, 1.165) is 204 Å². The minimum absolute atomic E-state index is 0.0133. The highest BCUT2D eigenvalue weighted by atomic mass is 32.2. The van der Waals surface area contributed by atoms with Crippen LogP contribution >= 0.6 is 23.5 Å². The first kappa shape index (κ1) is 140. The predicted octanol–water partition coefficient (Wildman–Crippen LogP) is 25.4. The Hall–Kier alpha value is -3.62. The van der Waals surface area contributed by atoms with Crippen molar-refractivity contribution in [2.75, 3.05) is 156 Å². The Morgan fingerprint density at radius 2 is 0.541 bits per heavy atom. The number of carbonyl (C=O) groups is 8. The van der Waals surface area contributed by atoms with E-state index < -0.39 is 0 Å². The zero-order valence-corrected chi connectivity index (χ0v) is 106. The molecule has 24 heteroatoms. The Labute approximate surface area is 909 Å². The monoisotopic (exact) mass is 2100 g/mol. The molecule has 0 aromatic heterocycles. The van der Waals surface area contributed by atoms with Crippen molar-refractivity contribution in [3.05, 3.63) is 0 Å². The molecule has 0 aromatic carbocycles. The van der Waals surface area contributed by atoms with Crippen molar-refractivity contribution >= 4 is 70.7 Å². The van der Waals surface area contributed by atoms with Crippen LogP contribution in [-0.4, -0.2) is 291 Å². The number of thioether (sulfide) groups is 2. The lowest BCUT2D eigenvalue weighted by atomic mass is 9.75. The number of piperidine rings is 8. The number of Topliss-reactive ketones (excluding diaryl/α,β-unsaturated/α-hetero) is 1. The zero-order valence-electron chi connectivity index (χ0n) is 105. The van der Waals surface area contributed by atoms with Gasteiger partial charge in [0.05, 0.1) is 41.4 Å². The molecule has 8 rings (SSSR count). The average Bonchev–Trinajstić information content (AvgIpc) is 0.858. The first-order valence-electron chi connectivity index (χ1n) is 57.4. The second kappa shape index (κ2) is 60.6. The summed E-state index contributed by atoms with van der Waals surface area (Å²) >= 11 is 3.44. The van der Waals surface area contributed by atoms with Gasteiger partial charge in [-0.25, -0.2) is 0 Å². The summed E-state index contributed by atoms with van der Waals surface area (Å²) in [6.07, 6.45) is 19.6. The van der Waals surface area contributed by atoms with Crippen molar-refractivity contribution in [1.82, 2.24) is 55.1 Å². The van der Waals surface area contributed by atoms with Gasteiger partial charge in [-0.1, -0.05) is 208 Å². The van der Waals surface area contributed by atoms with Crippen LogP contribution in [0, 0.1) is 84.7 Å². The number of hydrogen-bond donors (Lipinski definition) is 3. The molecule has 0 spiro atoms. The molecule has 860 valence electrons. The summed E-state index contributed by atoms with van der Waals surface area (Å²) in [6, 6.07) is 0.712. The second-order valence-corrected chi connectivity index (χ2v) is 64.6. The molecule has 0 bridgehead atoms. The number of amides is 7. The maximum atomic E-state index is 12.2. The molecule has 0 aromatic rings. The van der Waals surface area contributed by atoms with Gasteiger partial charge in [0, 0.05) is 143 Å². The maximum Gasteiger partial charge on any atom is 0.248 e.